The van der Waals surface area contributed by atoms with Gasteiger partial charge in [0.1, 0.15) is 18.1 Å². The molecule has 7 heteroatoms. The molecule has 2 aromatic heterocycles. The first-order chi connectivity index (χ1) is 11.3. The zero-order valence-electron chi connectivity index (χ0n) is 12.1. The van der Waals surface area contributed by atoms with Gasteiger partial charge in [-0.1, -0.05) is 6.07 Å². The van der Waals surface area contributed by atoms with Crippen molar-refractivity contribution in [2.75, 3.05) is 18.5 Å². The number of hydrogen-bond donors (Lipinski definition) is 2. The summed E-state index contributed by atoms with van der Waals surface area (Å²) < 4.78 is 5.43. The first-order valence-electron chi connectivity index (χ1n) is 6.98. The third kappa shape index (κ3) is 3.41. The Labute approximate surface area is 132 Å². The number of aliphatic hydroxyl groups excluding tert-OH is 1. The summed E-state index contributed by atoms with van der Waals surface area (Å²) in [5.41, 5.74) is 1.35. The van der Waals surface area contributed by atoms with Crippen LogP contribution in [0.5, 0.6) is 5.75 Å². The minimum Gasteiger partial charge on any atom is -0.491 e. The van der Waals surface area contributed by atoms with Crippen molar-refractivity contribution in [3.63, 3.8) is 0 Å². The van der Waals surface area contributed by atoms with Crippen LogP contribution in [0, 0.1) is 0 Å². The maximum absolute atomic E-state index is 12.3. The van der Waals surface area contributed by atoms with Gasteiger partial charge in [-0.3, -0.25) is 14.8 Å². The molecular weight excluding hydrogens is 296 g/mol. The molecule has 0 aliphatic heterocycles. The lowest BCUT2D eigenvalue weighted by Gasteiger charge is -2.11. The number of fused-ring (bicyclic) bond motifs is 1. The van der Waals surface area contributed by atoms with Crippen molar-refractivity contribution >= 4 is 22.5 Å². The van der Waals surface area contributed by atoms with Gasteiger partial charge < -0.3 is 15.2 Å². The van der Waals surface area contributed by atoms with Gasteiger partial charge in [-0.05, 0) is 12.1 Å². The Balaban J connectivity index is 1.96. The van der Waals surface area contributed by atoms with Gasteiger partial charge in [-0.25, -0.2) is 4.98 Å². The van der Waals surface area contributed by atoms with Crippen LogP contribution in [0.1, 0.15) is 10.5 Å². The van der Waals surface area contributed by atoms with E-state index in [-0.39, 0.29) is 24.8 Å². The Hall–Kier alpha value is -3.06. The average Bonchev–Trinajstić information content (AvgIpc) is 2.60. The normalized spacial score (nSPS) is 10.5. The smallest absolute Gasteiger partial charge is 0.275 e. The summed E-state index contributed by atoms with van der Waals surface area (Å²) >= 11 is 0. The Bertz CT molecular complexity index is 824. The second-order valence-electron chi connectivity index (χ2n) is 4.66. The largest absolute Gasteiger partial charge is 0.491 e. The van der Waals surface area contributed by atoms with E-state index in [1.165, 1.54) is 18.6 Å². The van der Waals surface area contributed by atoms with Gasteiger partial charge in [0.25, 0.3) is 5.91 Å². The first-order valence-corrected chi connectivity index (χ1v) is 6.98. The molecule has 2 heterocycles. The molecule has 0 aliphatic carbocycles. The molecule has 0 bridgehead atoms. The maximum Gasteiger partial charge on any atom is 0.275 e. The van der Waals surface area contributed by atoms with E-state index in [4.69, 9.17) is 9.84 Å². The molecule has 0 saturated carbocycles. The van der Waals surface area contributed by atoms with Crippen molar-refractivity contribution in [2.24, 2.45) is 0 Å². The van der Waals surface area contributed by atoms with Gasteiger partial charge in [0.05, 0.1) is 24.0 Å². The number of carbonyl (C=O) groups is 1. The van der Waals surface area contributed by atoms with Crippen LogP contribution in [0.2, 0.25) is 0 Å². The number of rotatable bonds is 5. The van der Waals surface area contributed by atoms with E-state index >= 15 is 0 Å². The van der Waals surface area contributed by atoms with Crippen molar-refractivity contribution in [3.05, 3.63) is 54.7 Å². The highest BCUT2D eigenvalue weighted by Gasteiger charge is 2.12. The van der Waals surface area contributed by atoms with E-state index in [9.17, 15) is 4.79 Å². The number of aliphatic hydroxyl groups is 1. The third-order valence-corrected chi connectivity index (χ3v) is 3.08. The van der Waals surface area contributed by atoms with Crippen molar-refractivity contribution in [1.29, 1.82) is 0 Å². The van der Waals surface area contributed by atoms with E-state index in [0.29, 0.717) is 17.0 Å². The third-order valence-electron chi connectivity index (χ3n) is 3.08. The summed E-state index contributed by atoms with van der Waals surface area (Å²) in [6.07, 6.45) is 5.98. The number of pyridine rings is 1. The zero-order chi connectivity index (χ0) is 16.1. The van der Waals surface area contributed by atoms with Crippen LogP contribution >= 0.6 is 0 Å². The lowest BCUT2D eigenvalue weighted by Crippen LogP contribution is -2.14. The van der Waals surface area contributed by atoms with Crippen LogP contribution in [0.15, 0.2) is 49.1 Å². The molecule has 23 heavy (non-hydrogen) atoms. The van der Waals surface area contributed by atoms with Gasteiger partial charge in [0.15, 0.2) is 0 Å². The second-order valence-corrected chi connectivity index (χ2v) is 4.66. The summed E-state index contributed by atoms with van der Waals surface area (Å²) in [6, 6.07) is 7.13. The summed E-state index contributed by atoms with van der Waals surface area (Å²) in [5, 5.41) is 12.5. The molecule has 3 aromatic rings. The lowest BCUT2D eigenvalue weighted by molar-refractivity contribution is 0.102. The number of benzene rings is 1. The number of hydrogen-bond acceptors (Lipinski definition) is 6. The number of ether oxygens (including phenoxy) is 1. The molecule has 0 spiro atoms. The first kappa shape index (κ1) is 14.9. The number of nitrogens with zero attached hydrogens (tertiary/aromatic N) is 3. The van der Waals surface area contributed by atoms with Gasteiger partial charge in [0.2, 0.25) is 0 Å². The predicted molar refractivity (Wildman–Crippen MR) is 84.3 cm³/mol. The molecule has 0 fully saturated rings. The van der Waals surface area contributed by atoms with E-state index in [1.807, 2.05) is 6.07 Å². The summed E-state index contributed by atoms with van der Waals surface area (Å²) in [6.45, 7) is 0.0791. The average molecular weight is 310 g/mol. The quantitative estimate of drug-likeness (QED) is 0.743. The van der Waals surface area contributed by atoms with Crippen LogP contribution in [0.4, 0.5) is 5.69 Å². The summed E-state index contributed by atoms with van der Waals surface area (Å²) in [7, 11) is 0. The molecule has 7 nitrogen and oxygen atoms in total. The van der Waals surface area contributed by atoms with Crippen LogP contribution in [0.3, 0.4) is 0 Å². The van der Waals surface area contributed by atoms with E-state index < -0.39 is 0 Å². The van der Waals surface area contributed by atoms with Crippen LogP contribution in [-0.2, 0) is 0 Å². The standard InChI is InChI=1S/C16H14N4O3/c21-6-7-23-12-8-11-2-1-3-19-15(11)13(9-12)20-16(22)14-10-17-4-5-18-14/h1-5,8-10,21H,6-7H2,(H,20,22). The highest BCUT2D eigenvalue weighted by molar-refractivity contribution is 6.07. The number of aromatic nitrogens is 3. The van der Waals surface area contributed by atoms with Gasteiger partial charge in [-0.15, -0.1) is 0 Å². The Kier molecular flexibility index (Phi) is 4.39. The van der Waals surface area contributed by atoms with E-state index in [1.54, 1.807) is 24.4 Å². The lowest BCUT2D eigenvalue weighted by atomic mass is 10.1. The van der Waals surface area contributed by atoms with Crippen LogP contribution in [0.25, 0.3) is 10.9 Å². The van der Waals surface area contributed by atoms with Gasteiger partial charge in [0, 0.05) is 30.0 Å². The fraction of sp³-hybridized carbons (Fsp3) is 0.125. The molecule has 0 unspecified atom stereocenters. The topological polar surface area (TPSA) is 97.2 Å². The molecule has 1 amide bonds. The second kappa shape index (κ2) is 6.80. The van der Waals surface area contributed by atoms with Crippen LogP contribution < -0.4 is 10.1 Å². The van der Waals surface area contributed by atoms with Crippen LogP contribution in [-0.4, -0.2) is 39.2 Å². The van der Waals surface area contributed by atoms with Crippen molar-refractivity contribution < 1.29 is 14.6 Å². The number of nitrogens with one attached hydrogen (secondary N) is 1. The number of amides is 1. The molecule has 3 rings (SSSR count). The highest BCUT2D eigenvalue weighted by Crippen LogP contribution is 2.28. The highest BCUT2D eigenvalue weighted by atomic mass is 16.5. The number of carbonyl (C=O) groups excluding carboxylic acids is 1. The predicted octanol–water partition coefficient (Wildman–Crippen LogP) is 1.65. The molecule has 1 aromatic carbocycles. The summed E-state index contributed by atoms with van der Waals surface area (Å²) in [5.74, 6) is 0.151. The molecule has 116 valence electrons. The minimum atomic E-state index is -0.385. The Morgan fingerprint density at radius 1 is 1.22 bits per heavy atom. The van der Waals surface area contributed by atoms with E-state index in [0.717, 1.165) is 5.39 Å². The fourth-order valence-corrected chi connectivity index (χ4v) is 2.11. The number of anilines is 1. The summed E-state index contributed by atoms with van der Waals surface area (Å²) in [4.78, 5) is 24.4. The molecule has 0 radical (unpaired) electrons. The van der Waals surface area contributed by atoms with Crippen molar-refractivity contribution in [1.82, 2.24) is 15.0 Å². The fourth-order valence-electron chi connectivity index (χ4n) is 2.11. The Morgan fingerprint density at radius 2 is 2.13 bits per heavy atom. The monoisotopic (exact) mass is 310 g/mol. The minimum absolute atomic E-state index is 0.0909. The maximum atomic E-state index is 12.3. The molecule has 0 aliphatic rings. The van der Waals surface area contributed by atoms with Crippen molar-refractivity contribution in [2.45, 2.75) is 0 Å². The molecule has 2 N–H and O–H groups in total. The Morgan fingerprint density at radius 3 is 2.91 bits per heavy atom. The van der Waals surface area contributed by atoms with Gasteiger partial charge >= 0.3 is 0 Å². The SMILES string of the molecule is O=C(Nc1cc(OCCO)cc2cccnc12)c1cnccn1. The van der Waals surface area contributed by atoms with E-state index in [2.05, 4.69) is 20.3 Å². The van der Waals surface area contributed by atoms with Crippen molar-refractivity contribution in [3.8, 4) is 5.75 Å². The zero-order valence-corrected chi connectivity index (χ0v) is 12.1. The molecule has 0 atom stereocenters. The molecule has 0 saturated heterocycles. The van der Waals surface area contributed by atoms with Gasteiger partial charge in [-0.2, -0.15) is 0 Å². The molecular formula is C16H14N4O3.